The zero-order valence-corrected chi connectivity index (χ0v) is 13.1. The van der Waals surface area contributed by atoms with Crippen molar-refractivity contribution in [1.29, 1.82) is 0 Å². The summed E-state index contributed by atoms with van der Waals surface area (Å²) in [6, 6.07) is 5.96. The fourth-order valence-electron chi connectivity index (χ4n) is 2.68. The number of benzene rings is 1. The van der Waals surface area contributed by atoms with E-state index >= 15 is 0 Å². The summed E-state index contributed by atoms with van der Waals surface area (Å²) in [6.45, 7) is 0. The first-order chi connectivity index (χ1) is 10.3. The Labute approximate surface area is 131 Å². The highest BCUT2D eigenvalue weighted by Crippen LogP contribution is 2.50. The maximum atomic E-state index is 12.1. The van der Waals surface area contributed by atoms with Crippen molar-refractivity contribution in [3.8, 4) is 0 Å². The molecule has 0 radical (unpaired) electrons. The van der Waals surface area contributed by atoms with E-state index in [0.717, 1.165) is 6.26 Å². The van der Waals surface area contributed by atoms with E-state index in [1.54, 1.807) is 12.1 Å². The number of nitrogens with zero attached hydrogens (tertiary/aromatic N) is 1. The molecule has 0 spiro atoms. The highest BCUT2D eigenvalue weighted by atomic mass is 32.3. The lowest BCUT2D eigenvalue weighted by atomic mass is 9.92. The average molecular weight is 342 g/mol. The number of hydrogen-bond donors (Lipinski definition) is 3. The van der Waals surface area contributed by atoms with Crippen LogP contribution in [0.5, 0.6) is 0 Å². The van der Waals surface area contributed by atoms with Crippen LogP contribution in [0.3, 0.4) is 0 Å². The summed E-state index contributed by atoms with van der Waals surface area (Å²) in [6.07, 6.45) is 0.665. The molecule has 0 bridgehead atoms. The largest absolute Gasteiger partial charge is 0.314 e. The lowest BCUT2D eigenvalue weighted by Gasteiger charge is -2.16. The minimum absolute atomic E-state index is 0.0845. The van der Waals surface area contributed by atoms with E-state index in [2.05, 4.69) is 10.9 Å². The highest BCUT2D eigenvalue weighted by molar-refractivity contribution is 8.19. The zero-order chi connectivity index (χ0) is 16.1. The van der Waals surface area contributed by atoms with E-state index in [9.17, 15) is 18.5 Å². The monoisotopic (exact) mass is 342 g/mol. The van der Waals surface area contributed by atoms with Crippen LogP contribution in [0.15, 0.2) is 28.5 Å². The summed E-state index contributed by atoms with van der Waals surface area (Å²) in [5, 5.41) is 10.7. The maximum absolute atomic E-state index is 12.1. The van der Waals surface area contributed by atoms with Gasteiger partial charge in [0.2, 0.25) is 0 Å². The summed E-state index contributed by atoms with van der Waals surface area (Å²) in [7, 11) is -3.45. The third-order valence-electron chi connectivity index (χ3n) is 3.60. The number of nitrogens with two attached hydrogens (primary N) is 1. The Bertz CT molecular complexity index is 777. The number of non-ortho nitro benzene ring substituents is 1. The van der Waals surface area contributed by atoms with Gasteiger partial charge in [0.25, 0.3) is 5.69 Å². The second-order valence-corrected chi connectivity index (χ2v) is 8.52. The summed E-state index contributed by atoms with van der Waals surface area (Å²) in [4.78, 5) is 10.5. The Morgan fingerprint density at radius 2 is 2.09 bits per heavy atom. The molecule has 1 aromatic rings. The van der Waals surface area contributed by atoms with Gasteiger partial charge in [-0.1, -0.05) is 23.9 Å². The quantitative estimate of drug-likeness (QED) is 0.532. The van der Waals surface area contributed by atoms with Gasteiger partial charge in [0.15, 0.2) is 9.84 Å². The molecule has 0 amide bonds. The second-order valence-electron chi connectivity index (χ2n) is 5.16. The van der Waals surface area contributed by atoms with Gasteiger partial charge in [-0.2, -0.15) is 0 Å². The molecule has 22 heavy (non-hydrogen) atoms. The van der Waals surface area contributed by atoms with Crippen LogP contribution >= 0.6 is 11.8 Å². The van der Waals surface area contributed by atoms with E-state index in [0.29, 0.717) is 11.1 Å². The number of nitro benzene ring substituents is 1. The van der Waals surface area contributed by atoms with Gasteiger partial charge in [0, 0.05) is 24.3 Å². The Kier molecular flexibility index (Phi) is 3.73. The van der Waals surface area contributed by atoms with Crippen LogP contribution in [0, 0.1) is 16.0 Å². The van der Waals surface area contributed by atoms with Crippen LogP contribution in [0.4, 0.5) is 5.69 Å². The van der Waals surface area contributed by atoms with Crippen molar-refractivity contribution in [1.82, 2.24) is 10.9 Å². The Balaban J connectivity index is 2.18. The number of thioether (sulfide) groups is 1. The van der Waals surface area contributed by atoms with Gasteiger partial charge < -0.3 is 5.73 Å². The molecule has 0 saturated carbocycles. The van der Waals surface area contributed by atoms with Crippen molar-refractivity contribution in [2.24, 2.45) is 11.7 Å². The third kappa shape index (κ3) is 2.52. The minimum Gasteiger partial charge on any atom is -0.314 e. The first-order valence-corrected chi connectivity index (χ1v) is 9.18. The predicted octanol–water partition coefficient (Wildman–Crippen LogP) is 0.390. The van der Waals surface area contributed by atoms with Crippen molar-refractivity contribution in [2.45, 2.75) is 11.5 Å². The van der Waals surface area contributed by atoms with E-state index in [1.807, 2.05) is 0 Å². The number of hydrazine groups is 1. The molecule has 4 N–H and O–H groups in total. The van der Waals surface area contributed by atoms with Crippen molar-refractivity contribution in [3.05, 3.63) is 44.2 Å². The molecular formula is C12H14N4O4S2. The lowest BCUT2D eigenvalue weighted by molar-refractivity contribution is -0.384. The molecular weight excluding hydrogens is 328 g/mol. The van der Waals surface area contributed by atoms with Gasteiger partial charge in [0.1, 0.15) is 4.24 Å². The van der Waals surface area contributed by atoms with Crippen LogP contribution in [-0.2, 0) is 9.84 Å². The van der Waals surface area contributed by atoms with Crippen molar-refractivity contribution >= 4 is 32.9 Å². The van der Waals surface area contributed by atoms with Crippen LogP contribution in [0.25, 0.3) is 5.57 Å². The molecule has 2 heterocycles. The Morgan fingerprint density at radius 1 is 1.36 bits per heavy atom. The minimum atomic E-state index is -3.45. The van der Waals surface area contributed by atoms with E-state index < -0.39 is 20.9 Å². The molecule has 8 nitrogen and oxygen atoms in total. The molecule has 3 atom stereocenters. The normalized spacial score (nSPS) is 28.0. The zero-order valence-electron chi connectivity index (χ0n) is 11.5. The number of hydrogen-bond acceptors (Lipinski definition) is 8. The third-order valence-corrected chi connectivity index (χ3v) is 6.79. The fourth-order valence-corrected chi connectivity index (χ4v) is 5.53. The van der Waals surface area contributed by atoms with E-state index in [1.165, 1.54) is 23.9 Å². The number of nitro groups is 1. The fraction of sp³-hybridized carbons (Fsp3) is 0.333. The van der Waals surface area contributed by atoms with E-state index in [4.69, 9.17) is 5.73 Å². The lowest BCUT2D eigenvalue weighted by Crippen LogP contribution is -2.39. The van der Waals surface area contributed by atoms with Crippen LogP contribution < -0.4 is 16.6 Å². The number of rotatable bonds is 3. The molecule has 1 saturated heterocycles. The van der Waals surface area contributed by atoms with Gasteiger partial charge in [-0.05, 0) is 11.1 Å². The Hall–Kier alpha value is -1.46. The van der Waals surface area contributed by atoms with Gasteiger partial charge >= 0.3 is 0 Å². The van der Waals surface area contributed by atoms with E-state index in [-0.39, 0.29) is 21.2 Å². The van der Waals surface area contributed by atoms with Crippen LogP contribution in [0.1, 0.15) is 5.56 Å². The number of nitrogens with one attached hydrogen (secondary N) is 2. The molecule has 0 aromatic heterocycles. The number of fused-ring (bicyclic) bond motifs is 1. The highest BCUT2D eigenvalue weighted by Gasteiger charge is 2.46. The second kappa shape index (κ2) is 5.32. The van der Waals surface area contributed by atoms with Crippen molar-refractivity contribution in [2.75, 3.05) is 6.26 Å². The first-order valence-electron chi connectivity index (χ1n) is 6.41. The molecule has 2 aliphatic rings. The van der Waals surface area contributed by atoms with Crippen molar-refractivity contribution in [3.63, 3.8) is 0 Å². The molecule has 0 aliphatic carbocycles. The van der Waals surface area contributed by atoms with Crippen LogP contribution in [0.2, 0.25) is 0 Å². The molecule has 2 aliphatic heterocycles. The van der Waals surface area contributed by atoms with Gasteiger partial charge in [-0.15, -0.1) is 0 Å². The van der Waals surface area contributed by atoms with Gasteiger partial charge in [-0.3, -0.25) is 10.1 Å². The molecule has 1 aromatic carbocycles. The molecule has 3 unspecified atom stereocenters. The summed E-state index contributed by atoms with van der Waals surface area (Å²) < 4.78 is 24.4. The molecule has 118 valence electrons. The summed E-state index contributed by atoms with van der Waals surface area (Å²) in [5.74, 6) is -0.281. The van der Waals surface area contributed by atoms with Crippen molar-refractivity contribution < 1.29 is 13.3 Å². The van der Waals surface area contributed by atoms with Gasteiger partial charge in [-0.25, -0.2) is 19.3 Å². The van der Waals surface area contributed by atoms with Gasteiger partial charge in [0.05, 0.1) is 16.5 Å². The van der Waals surface area contributed by atoms with Crippen LogP contribution in [-0.4, -0.2) is 31.1 Å². The molecule has 1 fully saturated rings. The SMILES string of the molecule is CS(=O)(=O)C1=C(c2cccc([N+](=O)[O-])c2)C2C(N)NNC2S1. The first kappa shape index (κ1) is 15.4. The summed E-state index contributed by atoms with van der Waals surface area (Å²) >= 11 is 1.18. The molecule has 3 rings (SSSR count). The predicted molar refractivity (Wildman–Crippen MR) is 84.0 cm³/mol. The smallest absolute Gasteiger partial charge is 0.270 e. The molecule has 10 heteroatoms. The number of sulfone groups is 1. The maximum Gasteiger partial charge on any atom is 0.270 e. The standard InChI is InChI=1S/C12H14N4O4S2/c1-22(19,20)12-8(9-10(13)14-15-11(9)21-12)6-3-2-4-7(5-6)16(17)18/h2-5,9-11,14-15H,13H2,1H3. The average Bonchev–Trinajstić information content (AvgIpc) is 2.99. The summed E-state index contributed by atoms with van der Waals surface area (Å²) in [5.41, 5.74) is 12.8. The topological polar surface area (TPSA) is 127 Å². The Morgan fingerprint density at radius 3 is 2.73 bits per heavy atom.